The Morgan fingerprint density at radius 3 is 2.31 bits per heavy atom. The molecule has 35 heavy (non-hydrogen) atoms. The number of hydrogen-bond acceptors (Lipinski definition) is 7. The van der Waals surface area contributed by atoms with E-state index in [9.17, 15) is 9.59 Å². The van der Waals surface area contributed by atoms with Gasteiger partial charge >= 0.3 is 0 Å². The minimum atomic E-state index is -0.471. The van der Waals surface area contributed by atoms with Crippen molar-refractivity contribution < 1.29 is 14.3 Å². The molecule has 0 saturated heterocycles. The number of benzene rings is 3. The fraction of sp³-hybridized carbons (Fsp3) is 0.120. The molecule has 2 amide bonds. The lowest BCUT2D eigenvalue weighted by Crippen LogP contribution is -2.43. The Morgan fingerprint density at radius 1 is 0.914 bits per heavy atom. The zero-order chi connectivity index (χ0) is 24.5. The van der Waals surface area contributed by atoms with E-state index in [-0.39, 0.29) is 6.61 Å². The van der Waals surface area contributed by atoms with Gasteiger partial charge in [0.1, 0.15) is 12.1 Å². The number of aryl methyl sites for hydroxylation is 1. The van der Waals surface area contributed by atoms with Crippen molar-refractivity contribution in [1.29, 1.82) is 0 Å². The van der Waals surface area contributed by atoms with Crippen molar-refractivity contribution in [3.8, 4) is 5.75 Å². The Labute approximate surface area is 206 Å². The summed E-state index contributed by atoms with van der Waals surface area (Å²) in [7, 11) is 1.88. The summed E-state index contributed by atoms with van der Waals surface area (Å²) in [6.07, 6.45) is 1.65. The smallest absolute Gasteiger partial charge is 0.276 e. The Morgan fingerprint density at radius 2 is 1.63 bits per heavy atom. The van der Waals surface area contributed by atoms with Gasteiger partial charge in [-0.3, -0.25) is 20.4 Å². The molecule has 1 aromatic heterocycles. The molecule has 3 aromatic carbocycles. The summed E-state index contributed by atoms with van der Waals surface area (Å²) in [6.45, 7) is -0.232. The number of carbonyl (C=O) groups is 2. The molecule has 0 aliphatic heterocycles. The van der Waals surface area contributed by atoms with E-state index in [1.54, 1.807) is 42.4 Å². The average Bonchev–Trinajstić information content (AvgIpc) is 3.31. The van der Waals surface area contributed by atoms with Crippen molar-refractivity contribution in [2.45, 2.75) is 10.9 Å². The van der Waals surface area contributed by atoms with Crippen molar-refractivity contribution in [2.75, 3.05) is 11.9 Å². The van der Waals surface area contributed by atoms with E-state index in [1.165, 1.54) is 0 Å². The zero-order valence-corrected chi connectivity index (χ0v) is 19.8. The molecule has 1 heterocycles. The first-order chi connectivity index (χ1) is 17.1. The number of carbonyl (C=O) groups excluding carboxylic acids is 2. The molecular formula is C25H24N6O3S. The van der Waals surface area contributed by atoms with Crippen LogP contribution in [0.2, 0.25) is 0 Å². The highest BCUT2D eigenvalue weighted by Crippen LogP contribution is 2.21. The second-order valence-electron chi connectivity index (χ2n) is 7.52. The third-order valence-electron chi connectivity index (χ3n) is 4.86. The van der Waals surface area contributed by atoms with Crippen LogP contribution < -0.4 is 20.9 Å². The summed E-state index contributed by atoms with van der Waals surface area (Å²) in [6, 6.07) is 24.2. The summed E-state index contributed by atoms with van der Waals surface area (Å²) >= 11 is 1.55. The predicted molar refractivity (Wildman–Crippen MR) is 134 cm³/mol. The molecule has 4 aromatic rings. The van der Waals surface area contributed by atoms with E-state index in [1.807, 2.05) is 66.2 Å². The highest BCUT2D eigenvalue weighted by atomic mass is 32.2. The first-order valence-corrected chi connectivity index (χ1v) is 11.8. The fourth-order valence-electron chi connectivity index (χ4n) is 3.01. The van der Waals surface area contributed by atoms with Crippen LogP contribution in [0.15, 0.2) is 90.3 Å². The zero-order valence-electron chi connectivity index (χ0n) is 19.0. The van der Waals surface area contributed by atoms with Gasteiger partial charge in [0.15, 0.2) is 11.8 Å². The third-order valence-corrected chi connectivity index (χ3v) is 5.96. The number of anilines is 2. The van der Waals surface area contributed by atoms with Gasteiger partial charge in [0, 0.05) is 29.7 Å². The lowest BCUT2D eigenvalue weighted by Gasteiger charge is -2.10. The van der Waals surface area contributed by atoms with Gasteiger partial charge in [0.25, 0.3) is 11.8 Å². The Bertz CT molecular complexity index is 1260. The summed E-state index contributed by atoms with van der Waals surface area (Å²) in [5.41, 5.74) is 8.11. The number of hydrazine groups is 1. The minimum absolute atomic E-state index is 0.232. The van der Waals surface area contributed by atoms with E-state index in [4.69, 9.17) is 4.74 Å². The van der Waals surface area contributed by atoms with Gasteiger partial charge in [-0.15, -0.1) is 10.2 Å². The largest absolute Gasteiger partial charge is 0.484 e. The Hall–Kier alpha value is -4.31. The van der Waals surface area contributed by atoms with Gasteiger partial charge < -0.3 is 14.6 Å². The molecule has 0 aliphatic rings. The van der Waals surface area contributed by atoms with E-state index >= 15 is 0 Å². The standard InChI is InChI=1S/C25H24N6O3S/c1-31-17-26-30-25(31)35-16-18-7-9-19(10-8-18)24(33)29-28-23(32)15-34-22-13-11-21(12-14-22)27-20-5-3-2-4-6-20/h2-14,17,27H,15-16H2,1H3,(H,28,32)(H,29,33). The first kappa shape index (κ1) is 23.8. The van der Waals surface area contributed by atoms with Crippen molar-refractivity contribution >= 4 is 35.0 Å². The maximum Gasteiger partial charge on any atom is 0.276 e. The van der Waals surface area contributed by atoms with Crippen LogP contribution in [0.3, 0.4) is 0 Å². The minimum Gasteiger partial charge on any atom is -0.484 e. The Balaban J connectivity index is 1.18. The van der Waals surface area contributed by atoms with Crippen LogP contribution in [-0.2, 0) is 17.6 Å². The first-order valence-electron chi connectivity index (χ1n) is 10.8. The van der Waals surface area contributed by atoms with Crippen molar-refractivity contribution in [3.63, 3.8) is 0 Å². The average molecular weight is 489 g/mol. The maximum absolute atomic E-state index is 12.3. The molecule has 178 valence electrons. The quantitative estimate of drug-likeness (QED) is 0.243. The van der Waals surface area contributed by atoms with Crippen molar-refractivity contribution in [2.24, 2.45) is 7.05 Å². The molecule has 10 heteroatoms. The molecule has 3 N–H and O–H groups in total. The van der Waals surface area contributed by atoms with Gasteiger partial charge in [-0.05, 0) is 54.1 Å². The highest BCUT2D eigenvalue weighted by molar-refractivity contribution is 7.98. The molecule has 0 aliphatic carbocycles. The molecular weight excluding hydrogens is 464 g/mol. The molecule has 0 unspecified atom stereocenters. The number of rotatable bonds is 9. The van der Waals surface area contributed by atoms with Crippen LogP contribution in [0.1, 0.15) is 15.9 Å². The molecule has 0 fully saturated rings. The van der Waals surface area contributed by atoms with Crippen molar-refractivity contribution in [3.05, 3.63) is 96.3 Å². The number of thioether (sulfide) groups is 1. The molecule has 0 atom stereocenters. The molecule has 4 rings (SSSR count). The highest BCUT2D eigenvalue weighted by Gasteiger charge is 2.09. The maximum atomic E-state index is 12.3. The van der Waals surface area contributed by atoms with Gasteiger partial charge in [-0.1, -0.05) is 42.1 Å². The number of nitrogens with zero attached hydrogens (tertiary/aromatic N) is 3. The van der Waals surface area contributed by atoms with Crippen molar-refractivity contribution in [1.82, 2.24) is 25.6 Å². The molecule has 0 bridgehead atoms. The van der Waals surface area contributed by atoms with E-state index in [0.29, 0.717) is 17.1 Å². The number of nitrogens with one attached hydrogen (secondary N) is 3. The van der Waals surface area contributed by atoms with Gasteiger partial charge in [0.2, 0.25) is 0 Å². The second kappa shape index (κ2) is 11.7. The van der Waals surface area contributed by atoms with Crippen LogP contribution in [0.4, 0.5) is 11.4 Å². The van der Waals surface area contributed by atoms with E-state index in [0.717, 1.165) is 22.1 Å². The summed E-state index contributed by atoms with van der Waals surface area (Å²) < 4.78 is 7.33. The third kappa shape index (κ3) is 7.08. The predicted octanol–water partition coefficient (Wildman–Crippen LogP) is 3.69. The van der Waals surface area contributed by atoms with E-state index < -0.39 is 11.8 Å². The number of para-hydroxylation sites is 1. The molecule has 0 saturated carbocycles. The SMILES string of the molecule is Cn1cnnc1SCc1ccc(C(=O)NNC(=O)COc2ccc(Nc3ccccc3)cc2)cc1. The topological polar surface area (TPSA) is 110 Å². The summed E-state index contributed by atoms with van der Waals surface area (Å²) in [5, 5.41) is 12.0. The molecule has 0 radical (unpaired) electrons. The Kier molecular flexibility index (Phi) is 7.97. The summed E-state index contributed by atoms with van der Waals surface area (Å²) in [5.74, 6) is 0.356. The lowest BCUT2D eigenvalue weighted by atomic mass is 10.1. The molecule has 9 nitrogen and oxygen atoms in total. The number of aromatic nitrogens is 3. The van der Waals surface area contributed by atoms with Crippen LogP contribution >= 0.6 is 11.8 Å². The van der Waals surface area contributed by atoms with E-state index in [2.05, 4.69) is 26.4 Å². The van der Waals surface area contributed by atoms with Crippen LogP contribution in [0.25, 0.3) is 0 Å². The van der Waals surface area contributed by atoms with Crippen LogP contribution in [-0.4, -0.2) is 33.2 Å². The van der Waals surface area contributed by atoms with Crippen LogP contribution in [0.5, 0.6) is 5.75 Å². The monoisotopic (exact) mass is 488 g/mol. The van der Waals surface area contributed by atoms with Gasteiger partial charge in [-0.25, -0.2) is 0 Å². The lowest BCUT2D eigenvalue weighted by molar-refractivity contribution is -0.123. The fourth-order valence-corrected chi connectivity index (χ4v) is 3.85. The second-order valence-corrected chi connectivity index (χ2v) is 8.46. The van der Waals surface area contributed by atoms with Gasteiger partial charge in [-0.2, -0.15) is 0 Å². The summed E-state index contributed by atoms with van der Waals surface area (Å²) in [4.78, 5) is 24.4. The molecule has 0 spiro atoms. The van der Waals surface area contributed by atoms with Crippen LogP contribution in [0, 0.1) is 0 Å². The number of hydrogen-bond donors (Lipinski definition) is 3. The normalized spacial score (nSPS) is 10.4. The number of ether oxygens (including phenoxy) is 1. The number of amides is 2. The van der Waals surface area contributed by atoms with Gasteiger partial charge in [0.05, 0.1) is 0 Å².